The largest absolute Gasteiger partial charge is 0.494 e. The van der Waals surface area contributed by atoms with Crippen molar-refractivity contribution in [2.45, 2.75) is 25.3 Å². The molecule has 92 valence electrons. The SMILES string of the molecule is CCOc1ccc(C(=O)NC2(CN)CC2)cc1. The molecule has 3 N–H and O–H groups in total. The topological polar surface area (TPSA) is 64.3 Å². The molecule has 1 aromatic carbocycles. The van der Waals surface area contributed by atoms with Crippen molar-refractivity contribution in [3.8, 4) is 5.75 Å². The van der Waals surface area contributed by atoms with Crippen LogP contribution in [0.25, 0.3) is 0 Å². The minimum absolute atomic E-state index is 0.0593. The Kier molecular flexibility index (Phi) is 3.33. The average Bonchev–Trinajstić information content (AvgIpc) is 3.11. The van der Waals surface area contributed by atoms with Gasteiger partial charge in [0.2, 0.25) is 0 Å². The number of hydrogen-bond acceptors (Lipinski definition) is 3. The quantitative estimate of drug-likeness (QED) is 0.807. The molecule has 1 saturated carbocycles. The lowest BCUT2D eigenvalue weighted by molar-refractivity contribution is 0.0933. The number of rotatable bonds is 5. The van der Waals surface area contributed by atoms with E-state index in [0.29, 0.717) is 18.7 Å². The van der Waals surface area contributed by atoms with Crippen molar-refractivity contribution in [1.82, 2.24) is 5.32 Å². The van der Waals surface area contributed by atoms with Crippen molar-refractivity contribution >= 4 is 5.91 Å². The van der Waals surface area contributed by atoms with Crippen LogP contribution in [0.5, 0.6) is 5.75 Å². The number of hydrogen-bond donors (Lipinski definition) is 2. The van der Waals surface area contributed by atoms with Gasteiger partial charge in [-0.25, -0.2) is 0 Å². The zero-order valence-corrected chi connectivity index (χ0v) is 10.0. The van der Waals surface area contributed by atoms with Gasteiger partial charge in [0.15, 0.2) is 0 Å². The first-order chi connectivity index (χ1) is 8.19. The molecule has 0 aromatic heterocycles. The molecule has 0 bridgehead atoms. The second-order valence-corrected chi connectivity index (χ2v) is 4.40. The fourth-order valence-corrected chi connectivity index (χ4v) is 1.71. The monoisotopic (exact) mass is 234 g/mol. The predicted molar refractivity (Wildman–Crippen MR) is 66.1 cm³/mol. The first-order valence-electron chi connectivity index (χ1n) is 5.94. The van der Waals surface area contributed by atoms with Crippen LogP contribution < -0.4 is 15.8 Å². The number of carbonyl (C=O) groups is 1. The van der Waals surface area contributed by atoms with E-state index in [1.165, 1.54) is 0 Å². The van der Waals surface area contributed by atoms with Gasteiger partial charge in [-0.2, -0.15) is 0 Å². The van der Waals surface area contributed by atoms with E-state index in [4.69, 9.17) is 10.5 Å². The maximum Gasteiger partial charge on any atom is 0.251 e. The Balaban J connectivity index is 1.99. The Labute approximate surface area is 101 Å². The van der Waals surface area contributed by atoms with Crippen molar-refractivity contribution in [2.24, 2.45) is 5.73 Å². The van der Waals surface area contributed by atoms with Gasteiger partial charge in [0.05, 0.1) is 12.1 Å². The second-order valence-electron chi connectivity index (χ2n) is 4.40. The Hall–Kier alpha value is -1.55. The summed E-state index contributed by atoms with van der Waals surface area (Å²) in [5.41, 5.74) is 6.13. The fraction of sp³-hybridized carbons (Fsp3) is 0.462. The molecule has 1 fully saturated rings. The molecule has 0 aliphatic heterocycles. The van der Waals surface area contributed by atoms with Crippen LogP contribution in [-0.2, 0) is 0 Å². The minimum Gasteiger partial charge on any atom is -0.494 e. The summed E-state index contributed by atoms with van der Waals surface area (Å²) < 4.78 is 5.32. The molecule has 2 rings (SSSR count). The molecule has 1 amide bonds. The molecular weight excluding hydrogens is 216 g/mol. The first kappa shape index (κ1) is 11.9. The number of ether oxygens (including phenoxy) is 1. The van der Waals surface area contributed by atoms with E-state index < -0.39 is 0 Å². The maximum atomic E-state index is 11.9. The predicted octanol–water partition coefficient (Wildman–Crippen LogP) is 1.31. The van der Waals surface area contributed by atoms with Gasteiger partial charge in [-0.1, -0.05) is 0 Å². The molecule has 0 unspecified atom stereocenters. The van der Waals surface area contributed by atoms with Crippen molar-refractivity contribution in [3.05, 3.63) is 29.8 Å². The summed E-state index contributed by atoms with van der Waals surface area (Å²) in [5.74, 6) is 0.722. The van der Waals surface area contributed by atoms with Crippen LogP contribution in [0, 0.1) is 0 Å². The van der Waals surface area contributed by atoms with Crippen molar-refractivity contribution in [3.63, 3.8) is 0 Å². The van der Waals surface area contributed by atoms with Crippen LogP contribution in [0.4, 0.5) is 0 Å². The smallest absolute Gasteiger partial charge is 0.251 e. The summed E-state index contributed by atoms with van der Waals surface area (Å²) in [5, 5.41) is 2.98. The zero-order chi connectivity index (χ0) is 12.3. The highest BCUT2D eigenvalue weighted by Crippen LogP contribution is 2.34. The molecule has 0 saturated heterocycles. The van der Waals surface area contributed by atoms with Gasteiger partial charge in [0, 0.05) is 12.1 Å². The number of nitrogens with two attached hydrogens (primary N) is 1. The lowest BCUT2D eigenvalue weighted by Gasteiger charge is -2.14. The van der Waals surface area contributed by atoms with Crippen LogP contribution in [-0.4, -0.2) is 24.6 Å². The van der Waals surface area contributed by atoms with Crippen molar-refractivity contribution in [2.75, 3.05) is 13.2 Å². The molecule has 1 aliphatic rings. The summed E-state index contributed by atoms with van der Waals surface area (Å²) in [6.45, 7) is 3.07. The average molecular weight is 234 g/mol. The standard InChI is InChI=1S/C13H18N2O2/c1-2-17-11-5-3-10(4-6-11)12(16)15-13(9-14)7-8-13/h3-6H,2,7-9,14H2,1H3,(H,15,16). The minimum atomic E-state index is -0.143. The Morgan fingerprint density at radius 2 is 2.06 bits per heavy atom. The second kappa shape index (κ2) is 4.75. The molecule has 17 heavy (non-hydrogen) atoms. The molecular formula is C13H18N2O2. The van der Waals surface area contributed by atoms with Gasteiger partial charge in [-0.3, -0.25) is 4.79 Å². The number of nitrogens with one attached hydrogen (secondary N) is 1. The lowest BCUT2D eigenvalue weighted by atomic mass is 10.1. The third-order valence-corrected chi connectivity index (χ3v) is 3.05. The van der Waals surface area contributed by atoms with E-state index in [0.717, 1.165) is 18.6 Å². The van der Waals surface area contributed by atoms with Crippen LogP contribution in [0.3, 0.4) is 0 Å². The normalized spacial score (nSPS) is 16.4. The number of carbonyl (C=O) groups excluding carboxylic acids is 1. The molecule has 4 heteroatoms. The summed E-state index contributed by atoms with van der Waals surface area (Å²) in [6, 6.07) is 7.15. The van der Waals surface area contributed by atoms with Gasteiger partial charge < -0.3 is 15.8 Å². The first-order valence-corrected chi connectivity index (χ1v) is 5.94. The highest BCUT2D eigenvalue weighted by Gasteiger charge is 2.42. The fourth-order valence-electron chi connectivity index (χ4n) is 1.71. The summed E-state index contributed by atoms with van der Waals surface area (Å²) in [7, 11) is 0. The van der Waals surface area contributed by atoms with E-state index in [1.807, 2.05) is 6.92 Å². The van der Waals surface area contributed by atoms with E-state index >= 15 is 0 Å². The third kappa shape index (κ3) is 2.77. The van der Waals surface area contributed by atoms with E-state index in [1.54, 1.807) is 24.3 Å². The Morgan fingerprint density at radius 3 is 2.53 bits per heavy atom. The molecule has 0 heterocycles. The Morgan fingerprint density at radius 1 is 1.41 bits per heavy atom. The van der Waals surface area contributed by atoms with Gasteiger partial charge in [-0.05, 0) is 44.0 Å². The van der Waals surface area contributed by atoms with Gasteiger partial charge in [-0.15, -0.1) is 0 Å². The molecule has 4 nitrogen and oxygen atoms in total. The van der Waals surface area contributed by atoms with E-state index in [9.17, 15) is 4.79 Å². The van der Waals surface area contributed by atoms with E-state index in [2.05, 4.69) is 5.32 Å². The summed E-state index contributed by atoms with van der Waals surface area (Å²) in [4.78, 5) is 11.9. The summed E-state index contributed by atoms with van der Waals surface area (Å²) in [6.07, 6.45) is 1.96. The van der Waals surface area contributed by atoms with Gasteiger partial charge in [0.1, 0.15) is 5.75 Å². The zero-order valence-electron chi connectivity index (χ0n) is 10.0. The molecule has 0 atom stereocenters. The Bertz CT molecular complexity index is 396. The van der Waals surface area contributed by atoms with Crippen molar-refractivity contribution in [1.29, 1.82) is 0 Å². The lowest BCUT2D eigenvalue weighted by Crippen LogP contribution is -2.42. The molecule has 0 spiro atoms. The van der Waals surface area contributed by atoms with Crippen molar-refractivity contribution < 1.29 is 9.53 Å². The van der Waals surface area contributed by atoms with Gasteiger partial charge >= 0.3 is 0 Å². The highest BCUT2D eigenvalue weighted by molar-refractivity contribution is 5.95. The molecule has 1 aliphatic carbocycles. The van der Waals surface area contributed by atoms with Gasteiger partial charge in [0.25, 0.3) is 5.91 Å². The number of benzene rings is 1. The van der Waals surface area contributed by atoms with E-state index in [-0.39, 0.29) is 11.4 Å². The molecule has 0 radical (unpaired) electrons. The highest BCUT2D eigenvalue weighted by atomic mass is 16.5. The third-order valence-electron chi connectivity index (χ3n) is 3.05. The summed E-state index contributed by atoms with van der Waals surface area (Å²) >= 11 is 0. The molecule has 1 aromatic rings. The maximum absolute atomic E-state index is 11.9. The van der Waals surface area contributed by atoms with Crippen LogP contribution in [0.2, 0.25) is 0 Å². The van der Waals surface area contributed by atoms with Crippen LogP contribution in [0.1, 0.15) is 30.1 Å². The van der Waals surface area contributed by atoms with Crippen LogP contribution >= 0.6 is 0 Å². The number of amides is 1. The van der Waals surface area contributed by atoms with Crippen LogP contribution in [0.15, 0.2) is 24.3 Å².